The van der Waals surface area contributed by atoms with Crippen molar-refractivity contribution in [1.82, 2.24) is 0 Å². The Balaban J connectivity index is 1.96. The fraction of sp³-hybridized carbons (Fsp3) is 0.688. The van der Waals surface area contributed by atoms with Crippen LogP contribution in [0.3, 0.4) is 0 Å². The second kappa shape index (κ2) is 24.5. The molecule has 0 aliphatic carbocycles. The number of methoxy groups -OCH3 is 2. The Morgan fingerprint density at radius 3 is 2.23 bits per heavy atom. The molecule has 17 heteroatoms. The standard InChI is InChI=1S/C48H72O17/c1-11-13-14-15-16-17-40(52)64-44-33(25-42(54)59-10)19-21-60-48(44,57)45(5,6)20-18-35-22-32(24-41(53)58-9)23-37(62-35)29-47(56)46(7,8)39(61-31(4)50)28-36(65-47)26-34(51)27-43(55)63-38(12-2)30(3)49/h14-18,20,24-25,30,34-39,44,49,51,56-57H,11-13,19,21-23,26-29H2,1-10H3/b15-14+,17-16+,20-18+,32-24+,33-25+/t30-,34-,35+,36-,37+,38-,39+,44+,47?,48-/m1/s1. The van der Waals surface area contributed by atoms with Crippen molar-refractivity contribution >= 4 is 29.8 Å². The van der Waals surface area contributed by atoms with Crippen molar-refractivity contribution in [2.24, 2.45) is 10.8 Å². The van der Waals surface area contributed by atoms with Gasteiger partial charge in [-0.25, -0.2) is 14.4 Å². The molecule has 65 heavy (non-hydrogen) atoms. The first-order chi connectivity index (χ1) is 30.4. The van der Waals surface area contributed by atoms with Crippen molar-refractivity contribution < 1.29 is 82.3 Å². The number of allylic oxidation sites excluding steroid dienone is 3. The molecule has 3 rings (SSSR count). The molecular formula is C48H72O17. The quantitative estimate of drug-likeness (QED) is 0.0417. The van der Waals surface area contributed by atoms with Gasteiger partial charge in [-0.15, -0.1) is 0 Å². The number of unbranched alkanes of at least 4 members (excludes halogenated alkanes) is 1. The van der Waals surface area contributed by atoms with Crippen LogP contribution in [-0.2, 0) is 61.9 Å². The second-order valence-corrected chi connectivity index (χ2v) is 18.1. The van der Waals surface area contributed by atoms with E-state index in [0.29, 0.717) is 12.0 Å². The molecule has 3 heterocycles. The zero-order valence-corrected chi connectivity index (χ0v) is 39.6. The van der Waals surface area contributed by atoms with Crippen LogP contribution in [-0.4, -0.2) is 132 Å². The largest absolute Gasteiger partial charge is 0.466 e. The minimum atomic E-state index is -2.21. The van der Waals surface area contributed by atoms with E-state index in [1.165, 1.54) is 52.4 Å². The van der Waals surface area contributed by atoms with Crippen LogP contribution in [0.15, 0.2) is 59.8 Å². The molecule has 3 aliphatic rings. The maximum Gasteiger partial charge on any atom is 0.331 e. The molecule has 0 aromatic heterocycles. The smallest absolute Gasteiger partial charge is 0.331 e. The van der Waals surface area contributed by atoms with Crippen LogP contribution in [0, 0.1) is 10.8 Å². The van der Waals surface area contributed by atoms with Crippen molar-refractivity contribution in [2.75, 3.05) is 20.8 Å². The Labute approximate surface area is 382 Å². The average molecular weight is 921 g/mol. The normalized spacial score (nSPS) is 30.0. The maximum absolute atomic E-state index is 13.1. The van der Waals surface area contributed by atoms with Gasteiger partial charge in [-0.1, -0.05) is 83.9 Å². The van der Waals surface area contributed by atoms with Crippen LogP contribution in [0.25, 0.3) is 0 Å². The van der Waals surface area contributed by atoms with Crippen molar-refractivity contribution in [3.05, 3.63) is 59.8 Å². The zero-order chi connectivity index (χ0) is 48.8. The van der Waals surface area contributed by atoms with Crippen LogP contribution >= 0.6 is 0 Å². The van der Waals surface area contributed by atoms with Gasteiger partial charge in [0.1, 0.15) is 12.2 Å². The number of esters is 5. The summed E-state index contributed by atoms with van der Waals surface area (Å²) in [6, 6.07) is 0. The summed E-state index contributed by atoms with van der Waals surface area (Å²) < 4.78 is 45.6. The van der Waals surface area contributed by atoms with Gasteiger partial charge in [0.2, 0.25) is 5.79 Å². The number of rotatable bonds is 20. The molecule has 4 N–H and O–H groups in total. The average Bonchev–Trinajstić information content (AvgIpc) is 3.21. The second-order valence-electron chi connectivity index (χ2n) is 18.1. The van der Waals surface area contributed by atoms with E-state index < -0.39 is 108 Å². The number of aliphatic hydroxyl groups excluding tert-OH is 2. The summed E-state index contributed by atoms with van der Waals surface area (Å²) in [4.78, 5) is 63.1. The molecule has 0 aromatic rings. The summed E-state index contributed by atoms with van der Waals surface area (Å²) in [5, 5.41) is 45.8. The minimum Gasteiger partial charge on any atom is -0.466 e. The summed E-state index contributed by atoms with van der Waals surface area (Å²) in [5.41, 5.74) is -1.73. The van der Waals surface area contributed by atoms with Crippen LogP contribution in [0.5, 0.6) is 0 Å². The topological polar surface area (TPSA) is 240 Å². The molecule has 0 amide bonds. The highest BCUT2D eigenvalue weighted by Gasteiger charge is 2.58. The highest BCUT2D eigenvalue weighted by atomic mass is 16.7. The molecule has 0 spiro atoms. The lowest BCUT2D eigenvalue weighted by Crippen LogP contribution is -2.62. The fourth-order valence-electron chi connectivity index (χ4n) is 8.21. The van der Waals surface area contributed by atoms with E-state index >= 15 is 0 Å². The number of hydrogen-bond donors (Lipinski definition) is 4. The summed E-state index contributed by atoms with van der Waals surface area (Å²) >= 11 is 0. The molecular weight excluding hydrogens is 849 g/mol. The van der Waals surface area contributed by atoms with E-state index in [1.54, 1.807) is 52.8 Å². The predicted octanol–water partition coefficient (Wildman–Crippen LogP) is 4.92. The zero-order valence-electron chi connectivity index (χ0n) is 39.6. The summed E-state index contributed by atoms with van der Waals surface area (Å²) in [7, 11) is 2.45. The van der Waals surface area contributed by atoms with Gasteiger partial charge in [0.05, 0.1) is 63.2 Å². The van der Waals surface area contributed by atoms with Gasteiger partial charge in [-0.2, -0.15) is 0 Å². The first-order valence-electron chi connectivity index (χ1n) is 22.4. The first-order valence-corrected chi connectivity index (χ1v) is 22.4. The molecule has 1 unspecified atom stereocenters. The number of ether oxygens (including phenoxy) is 8. The molecule has 0 bridgehead atoms. The lowest BCUT2D eigenvalue weighted by Gasteiger charge is -2.53. The Bertz CT molecular complexity index is 1790. The minimum absolute atomic E-state index is 0.0264. The van der Waals surface area contributed by atoms with Gasteiger partial charge in [0.25, 0.3) is 0 Å². The van der Waals surface area contributed by atoms with Crippen molar-refractivity contribution in [2.45, 2.75) is 180 Å². The van der Waals surface area contributed by atoms with E-state index in [-0.39, 0.29) is 50.7 Å². The molecule has 0 aromatic carbocycles. The molecule has 3 aliphatic heterocycles. The Hall–Kier alpha value is -4.23. The summed E-state index contributed by atoms with van der Waals surface area (Å²) in [5.74, 6) is -7.72. The number of carbonyl (C=O) groups is 5. The summed E-state index contributed by atoms with van der Waals surface area (Å²) in [6.07, 6.45) is 6.21. The third-order valence-electron chi connectivity index (χ3n) is 12.2. The van der Waals surface area contributed by atoms with Crippen LogP contribution in [0.2, 0.25) is 0 Å². The highest BCUT2D eigenvalue weighted by Crippen LogP contribution is 2.49. The molecule has 3 saturated heterocycles. The van der Waals surface area contributed by atoms with Gasteiger partial charge >= 0.3 is 29.8 Å². The van der Waals surface area contributed by atoms with Crippen molar-refractivity contribution in [3.8, 4) is 0 Å². The predicted molar refractivity (Wildman–Crippen MR) is 235 cm³/mol. The van der Waals surface area contributed by atoms with Crippen molar-refractivity contribution in [1.29, 1.82) is 0 Å². The lowest BCUT2D eigenvalue weighted by molar-refractivity contribution is -0.348. The molecule has 17 nitrogen and oxygen atoms in total. The van der Waals surface area contributed by atoms with Gasteiger partial charge in [-0.3, -0.25) is 9.59 Å². The molecule has 366 valence electrons. The van der Waals surface area contributed by atoms with E-state index in [4.69, 9.17) is 37.9 Å². The highest BCUT2D eigenvalue weighted by molar-refractivity contribution is 5.84. The molecule has 0 saturated carbocycles. The Morgan fingerprint density at radius 2 is 1.62 bits per heavy atom. The third kappa shape index (κ3) is 15.4. The molecule has 10 atom stereocenters. The Kier molecular flexibility index (Phi) is 20.8. The Morgan fingerprint density at radius 1 is 0.938 bits per heavy atom. The lowest BCUT2D eigenvalue weighted by atomic mass is 9.70. The monoisotopic (exact) mass is 920 g/mol. The first kappa shape index (κ1) is 55.1. The molecule has 3 fully saturated rings. The summed E-state index contributed by atoms with van der Waals surface area (Å²) in [6.45, 7) is 13.1. The van der Waals surface area contributed by atoms with Crippen LogP contribution < -0.4 is 0 Å². The van der Waals surface area contributed by atoms with Gasteiger partial charge in [0, 0.05) is 49.8 Å². The van der Waals surface area contributed by atoms with Gasteiger partial charge < -0.3 is 58.3 Å². The van der Waals surface area contributed by atoms with E-state index in [9.17, 15) is 44.4 Å². The van der Waals surface area contributed by atoms with Crippen molar-refractivity contribution in [3.63, 3.8) is 0 Å². The van der Waals surface area contributed by atoms with E-state index in [1.807, 2.05) is 13.0 Å². The van der Waals surface area contributed by atoms with Gasteiger partial charge in [-0.05, 0) is 44.6 Å². The fourth-order valence-corrected chi connectivity index (χ4v) is 8.21. The number of aliphatic hydroxyl groups is 4. The van der Waals surface area contributed by atoms with Crippen LogP contribution in [0.4, 0.5) is 0 Å². The van der Waals surface area contributed by atoms with E-state index in [2.05, 4.69) is 0 Å². The maximum atomic E-state index is 13.1. The number of carbonyl (C=O) groups excluding carboxylic acids is 5. The third-order valence-corrected chi connectivity index (χ3v) is 12.2. The van der Waals surface area contributed by atoms with Gasteiger partial charge in [0.15, 0.2) is 11.9 Å². The van der Waals surface area contributed by atoms with Crippen LogP contribution in [0.1, 0.15) is 120 Å². The van der Waals surface area contributed by atoms with E-state index in [0.717, 1.165) is 12.8 Å². The molecule has 0 radical (unpaired) electrons. The number of hydrogen-bond acceptors (Lipinski definition) is 17. The SMILES string of the molecule is CCC/C=C/C=C/C(=O)O[C@H]1/C(=C/C(=O)OC)CCO[C@@]1(O)C(C)(C)/C=C/[C@H]1C/C(=C\C(=O)OC)C[C@@H](CC2(O)O[C@H](C[C@@H](O)CC(=O)O[C@H](CC)[C@@H](C)O)C[C@H](OC(C)=O)C2(C)C)O1.